The van der Waals surface area contributed by atoms with Crippen LogP contribution in [-0.4, -0.2) is 34.0 Å². The van der Waals surface area contributed by atoms with Crippen molar-refractivity contribution in [2.45, 2.75) is 45.6 Å². The molecule has 1 saturated carbocycles. The first-order valence-corrected chi connectivity index (χ1v) is 10.1. The second-order valence-electron chi connectivity index (χ2n) is 8.05. The molecule has 1 aliphatic carbocycles. The van der Waals surface area contributed by atoms with Crippen LogP contribution in [0.3, 0.4) is 0 Å². The molecule has 0 bridgehead atoms. The summed E-state index contributed by atoms with van der Waals surface area (Å²) in [5.41, 5.74) is 1.53. The Hall–Kier alpha value is -2.63. The molecule has 150 valence electrons. The molecule has 2 amide bonds. The number of nitrogens with one attached hydrogen (secondary N) is 2. The minimum atomic E-state index is -0.107. The van der Waals surface area contributed by atoms with Crippen molar-refractivity contribution in [3.63, 3.8) is 0 Å². The maximum Gasteiger partial charge on any atom is 0.269 e. The Morgan fingerprint density at radius 2 is 1.82 bits per heavy atom. The van der Waals surface area contributed by atoms with Crippen LogP contribution in [0.4, 0.5) is 0 Å². The predicted octanol–water partition coefficient (Wildman–Crippen LogP) is 3.15. The van der Waals surface area contributed by atoms with Gasteiger partial charge in [-0.05, 0) is 31.6 Å². The Kier molecular flexibility index (Phi) is 6.49. The predicted molar refractivity (Wildman–Crippen MR) is 110 cm³/mol. The largest absolute Gasteiger partial charge is 0.356 e. The summed E-state index contributed by atoms with van der Waals surface area (Å²) in [6.45, 7) is 4.91. The Morgan fingerprint density at radius 3 is 2.46 bits per heavy atom. The first kappa shape index (κ1) is 20.1. The SMILES string of the molecule is CC(C)CNC(=O)C1CCC(NC(=O)c2cnc(-c3ccccc3)n2C)CC1. The lowest BCUT2D eigenvalue weighted by atomic mass is 9.85. The normalized spacial score (nSPS) is 19.4. The number of imidazole rings is 1. The molecule has 1 aromatic heterocycles. The maximum absolute atomic E-state index is 12.7. The molecule has 0 atom stereocenters. The van der Waals surface area contributed by atoms with Gasteiger partial charge in [-0.1, -0.05) is 44.2 Å². The third-order valence-corrected chi connectivity index (χ3v) is 5.37. The van der Waals surface area contributed by atoms with E-state index < -0.39 is 0 Å². The van der Waals surface area contributed by atoms with Crippen molar-refractivity contribution in [1.29, 1.82) is 0 Å². The van der Waals surface area contributed by atoms with Crippen LogP contribution < -0.4 is 10.6 Å². The zero-order valence-electron chi connectivity index (χ0n) is 16.9. The highest BCUT2D eigenvalue weighted by Gasteiger charge is 2.28. The maximum atomic E-state index is 12.7. The van der Waals surface area contributed by atoms with Gasteiger partial charge in [-0.2, -0.15) is 0 Å². The number of rotatable bonds is 6. The van der Waals surface area contributed by atoms with Crippen LogP contribution >= 0.6 is 0 Å². The zero-order chi connectivity index (χ0) is 20.1. The fourth-order valence-electron chi connectivity index (χ4n) is 3.68. The van der Waals surface area contributed by atoms with Crippen LogP contribution in [0.5, 0.6) is 0 Å². The van der Waals surface area contributed by atoms with Crippen molar-refractivity contribution in [2.75, 3.05) is 6.54 Å². The minimum Gasteiger partial charge on any atom is -0.356 e. The minimum absolute atomic E-state index is 0.0632. The summed E-state index contributed by atoms with van der Waals surface area (Å²) in [6.07, 6.45) is 4.91. The van der Waals surface area contributed by atoms with E-state index in [0.717, 1.165) is 43.6 Å². The molecule has 0 aliphatic heterocycles. The van der Waals surface area contributed by atoms with Gasteiger partial charge >= 0.3 is 0 Å². The van der Waals surface area contributed by atoms with E-state index >= 15 is 0 Å². The molecule has 6 heteroatoms. The number of amides is 2. The second-order valence-corrected chi connectivity index (χ2v) is 8.05. The number of benzene rings is 1. The molecule has 1 heterocycles. The van der Waals surface area contributed by atoms with Crippen LogP contribution in [-0.2, 0) is 11.8 Å². The zero-order valence-corrected chi connectivity index (χ0v) is 16.9. The lowest BCUT2D eigenvalue weighted by Gasteiger charge is -2.28. The Balaban J connectivity index is 1.54. The second kappa shape index (κ2) is 9.04. The average molecular weight is 383 g/mol. The fraction of sp³-hybridized carbons (Fsp3) is 0.500. The van der Waals surface area contributed by atoms with Crippen LogP contribution in [0, 0.1) is 11.8 Å². The summed E-state index contributed by atoms with van der Waals surface area (Å²) in [7, 11) is 1.86. The molecule has 3 rings (SSSR count). The fourth-order valence-corrected chi connectivity index (χ4v) is 3.68. The van der Waals surface area contributed by atoms with Crippen molar-refractivity contribution in [3.05, 3.63) is 42.2 Å². The molecule has 6 nitrogen and oxygen atoms in total. The molecule has 2 aromatic rings. The molecule has 28 heavy (non-hydrogen) atoms. The monoisotopic (exact) mass is 382 g/mol. The highest BCUT2D eigenvalue weighted by Crippen LogP contribution is 2.25. The van der Waals surface area contributed by atoms with Crippen molar-refractivity contribution in [2.24, 2.45) is 18.9 Å². The quantitative estimate of drug-likeness (QED) is 0.806. The van der Waals surface area contributed by atoms with Gasteiger partial charge in [-0.15, -0.1) is 0 Å². The van der Waals surface area contributed by atoms with E-state index in [0.29, 0.717) is 11.6 Å². The molecule has 1 aromatic carbocycles. The van der Waals surface area contributed by atoms with Gasteiger partial charge in [-0.25, -0.2) is 4.98 Å². The van der Waals surface area contributed by atoms with E-state index in [-0.39, 0.29) is 23.8 Å². The number of carbonyl (C=O) groups is 2. The summed E-state index contributed by atoms with van der Waals surface area (Å²) in [5.74, 6) is 1.34. The average Bonchev–Trinajstić information content (AvgIpc) is 3.09. The van der Waals surface area contributed by atoms with Gasteiger partial charge in [0.15, 0.2) is 0 Å². The number of hydrogen-bond donors (Lipinski definition) is 2. The van der Waals surface area contributed by atoms with Gasteiger partial charge in [0.05, 0.1) is 6.20 Å². The van der Waals surface area contributed by atoms with Crippen molar-refractivity contribution in [3.8, 4) is 11.4 Å². The van der Waals surface area contributed by atoms with E-state index in [9.17, 15) is 9.59 Å². The van der Waals surface area contributed by atoms with Gasteiger partial charge < -0.3 is 15.2 Å². The molecule has 0 radical (unpaired) electrons. The molecule has 1 fully saturated rings. The van der Waals surface area contributed by atoms with E-state index in [1.165, 1.54) is 0 Å². The molecule has 0 spiro atoms. The van der Waals surface area contributed by atoms with Crippen molar-refractivity contribution < 1.29 is 9.59 Å². The number of hydrogen-bond acceptors (Lipinski definition) is 3. The van der Waals surface area contributed by atoms with Crippen LogP contribution in [0.15, 0.2) is 36.5 Å². The molecule has 1 aliphatic rings. The molecule has 0 unspecified atom stereocenters. The van der Waals surface area contributed by atoms with Gasteiger partial charge in [0, 0.05) is 31.1 Å². The number of carbonyl (C=O) groups excluding carboxylic acids is 2. The van der Waals surface area contributed by atoms with Gasteiger partial charge in [-0.3, -0.25) is 9.59 Å². The molecule has 0 saturated heterocycles. The lowest BCUT2D eigenvalue weighted by molar-refractivity contribution is -0.126. The standard InChI is InChI=1S/C22H30N4O2/c1-15(2)13-24-21(27)17-9-11-18(12-10-17)25-22(28)19-14-23-20(26(19)3)16-7-5-4-6-8-16/h4-8,14-15,17-18H,9-13H2,1-3H3,(H,24,27)(H,25,28). The summed E-state index contributed by atoms with van der Waals surface area (Å²) in [4.78, 5) is 29.4. The van der Waals surface area contributed by atoms with Gasteiger partial charge in [0.25, 0.3) is 5.91 Å². The van der Waals surface area contributed by atoms with Crippen molar-refractivity contribution in [1.82, 2.24) is 20.2 Å². The Labute approximate surface area is 166 Å². The Bertz CT molecular complexity index is 805. The Morgan fingerprint density at radius 1 is 1.14 bits per heavy atom. The van der Waals surface area contributed by atoms with Gasteiger partial charge in [0.2, 0.25) is 5.91 Å². The van der Waals surface area contributed by atoms with Crippen LogP contribution in [0.2, 0.25) is 0 Å². The highest BCUT2D eigenvalue weighted by molar-refractivity contribution is 5.93. The lowest BCUT2D eigenvalue weighted by Crippen LogP contribution is -2.41. The van der Waals surface area contributed by atoms with E-state index in [4.69, 9.17) is 0 Å². The first-order valence-electron chi connectivity index (χ1n) is 10.1. The molecular formula is C22H30N4O2. The summed E-state index contributed by atoms with van der Waals surface area (Å²) in [6, 6.07) is 9.95. The van der Waals surface area contributed by atoms with Gasteiger partial charge in [0.1, 0.15) is 11.5 Å². The third kappa shape index (κ3) is 4.80. The summed E-state index contributed by atoms with van der Waals surface area (Å²) in [5, 5.41) is 6.14. The first-order chi connectivity index (χ1) is 13.5. The van der Waals surface area contributed by atoms with E-state index in [1.54, 1.807) is 6.20 Å². The van der Waals surface area contributed by atoms with E-state index in [2.05, 4.69) is 29.5 Å². The smallest absolute Gasteiger partial charge is 0.269 e. The van der Waals surface area contributed by atoms with Crippen molar-refractivity contribution >= 4 is 11.8 Å². The summed E-state index contributed by atoms with van der Waals surface area (Å²) >= 11 is 0. The molecular weight excluding hydrogens is 352 g/mol. The highest BCUT2D eigenvalue weighted by atomic mass is 16.2. The van der Waals surface area contributed by atoms with Crippen LogP contribution in [0.25, 0.3) is 11.4 Å². The summed E-state index contributed by atoms with van der Waals surface area (Å²) < 4.78 is 1.83. The topological polar surface area (TPSA) is 76.0 Å². The number of nitrogens with zero attached hydrogens (tertiary/aromatic N) is 2. The van der Waals surface area contributed by atoms with E-state index in [1.807, 2.05) is 41.9 Å². The van der Waals surface area contributed by atoms with Crippen LogP contribution in [0.1, 0.15) is 50.0 Å². The third-order valence-electron chi connectivity index (χ3n) is 5.37. The molecule has 2 N–H and O–H groups in total. The number of aromatic nitrogens is 2.